The van der Waals surface area contributed by atoms with Crippen molar-refractivity contribution < 1.29 is 19.4 Å². The molecule has 0 bridgehead atoms. The lowest BCUT2D eigenvalue weighted by Gasteiger charge is -2.18. The Bertz CT molecular complexity index is 474. The molecule has 20 heavy (non-hydrogen) atoms. The molecular weight excluding hydrogens is 260 g/mol. The topological polar surface area (TPSA) is 87.7 Å². The standard InChI is InChI=1S/C14H20N2O4/c1-9(2)12(13(17)18)16-14(19)15-8-10-6-4-5-7-11(10)20-3/h4-7,9,12H,8H2,1-3H3,(H,17,18)(H2,15,16,19). The Labute approximate surface area is 118 Å². The summed E-state index contributed by atoms with van der Waals surface area (Å²) in [5.74, 6) is -0.566. The van der Waals surface area contributed by atoms with Gasteiger partial charge in [0.15, 0.2) is 0 Å². The molecule has 0 aliphatic heterocycles. The summed E-state index contributed by atoms with van der Waals surface area (Å²) in [4.78, 5) is 22.7. The molecule has 0 saturated heterocycles. The summed E-state index contributed by atoms with van der Waals surface area (Å²) in [6, 6.07) is 5.87. The van der Waals surface area contributed by atoms with Crippen LogP contribution in [0.25, 0.3) is 0 Å². The first-order valence-electron chi connectivity index (χ1n) is 6.34. The highest BCUT2D eigenvalue weighted by Crippen LogP contribution is 2.16. The first-order chi connectivity index (χ1) is 9.45. The van der Waals surface area contributed by atoms with Gasteiger partial charge in [-0.05, 0) is 12.0 Å². The minimum atomic E-state index is -1.05. The van der Waals surface area contributed by atoms with Gasteiger partial charge in [0.25, 0.3) is 0 Å². The zero-order valence-corrected chi connectivity index (χ0v) is 11.8. The summed E-state index contributed by atoms with van der Waals surface area (Å²) in [5, 5.41) is 14.1. The van der Waals surface area contributed by atoms with Crippen molar-refractivity contribution in [3.8, 4) is 5.75 Å². The van der Waals surface area contributed by atoms with Crippen LogP contribution in [0.15, 0.2) is 24.3 Å². The fourth-order valence-electron chi connectivity index (χ4n) is 1.73. The second-order valence-corrected chi connectivity index (χ2v) is 4.70. The summed E-state index contributed by atoms with van der Waals surface area (Å²) in [5.41, 5.74) is 0.821. The van der Waals surface area contributed by atoms with Crippen molar-refractivity contribution in [3.05, 3.63) is 29.8 Å². The van der Waals surface area contributed by atoms with Gasteiger partial charge in [0.1, 0.15) is 11.8 Å². The molecule has 1 unspecified atom stereocenters. The molecule has 3 N–H and O–H groups in total. The van der Waals surface area contributed by atoms with Gasteiger partial charge in [0.05, 0.1) is 7.11 Å². The first kappa shape index (κ1) is 15.8. The van der Waals surface area contributed by atoms with Crippen LogP contribution >= 0.6 is 0 Å². The van der Waals surface area contributed by atoms with Gasteiger partial charge in [-0.15, -0.1) is 0 Å². The van der Waals surface area contributed by atoms with E-state index in [1.165, 1.54) is 0 Å². The van der Waals surface area contributed by atoms with E-state index in [2.05, 4.69) is 10.6 Å². The second kappa shape index (κ2) is 7.37. The van der Waals surface area contributed by atoms with Crippen LogP contribution in [-0.4, -0.2) is 30.3 Å². The molecule has 0 radical (unpaired) electrons. The lowest BCUT2D eigenvalue weighted by atomic mass is 10.1. The molecule has 0 spiro atoms. The highest BCUT2D eigenvalue weighted by Gasteiger charge is 2.23. The highest BCUT2D eigenvalue weighted by atomic mass is 16.5. The molecule has 1 atom stereocenters. The maximum atomic E-state index is 11.7. The van der Waals surface area contributed by atoms with Crippen molar-refractivity contribution in [1.82, 2.24) is 10.6 Å². The maximum Gasteiger partial charge on any atom is 0.326 e. The average molecular weight is 280 g/mol. The molecular formula is C14H20N2O4. The van der Waals surface area contributed by atoms with Crippen LogP contribution in [-0.2, 0) is 11.3 Å². The number of carboxylic acids is 1. The molecule has 0 heterocycles. The van der Waals surface area contributed by atoms with Crippen LogP contribution in [0.5, 0.6) is 5.75 Å². The number of ether oxygens (including phenoxy) is 1. The number of methoxy groups -OCH3 is 1. The van der Waals surface area contributed by atoms with Gasteiger partial charge in [-0.1, -0.05) is 32.0 Å². The monoisotopic (exact) mass is 280 g/mol. The summed E-state index contributed by atoms with van der Waals surface area (Å²) in [6.45, 7) is 3.73. The molecule has 1 aromatic rings. The molecule has 1 aromatic carbocycles. The largest absolute Gasteiger partial charge is 0.496 e. The Hall–Kier alpha value is -2.24. The minimum absolute atomic E-state index is 0.190. The Morgan fingerprint density at radius 3 is 2.50 bits per heavy atom. The third kappa shape index (κ3) is 4.46. The van der Waals surface area contributed by atoms with Crippen LogP contribution in [0.4, 0.5) is 4.79 Å². The Balaban J connectivity index is 2.57. The maximum absolute atomic E-state index is 11.7. The molecule has 6 nitrogen and oxygen atoms in total. The molecule has 0 fully saturated rings. The average Bonchev–Trinajstić information content (AvgIpc) is 2.42. The Morgan fingerprint density at radius 2 is 1.95 bits per heavy atom. The van der Waals surface area contributed by atoms with Gasteiger partial charge < -0.3 is 20.5 Å². The number of rotatable bonds is 6. The van der Waals surface area contributed by atoms with Gasteiger partial charge >= 0.3 is 12.0 Å². The SMILES string of the molecule is COc1ccccc1CNC(=O)NC(C(=O)O)C(C)C. The van der Waals surface area contributed by atoms with Gasteiger partial charge in [-0.2, -0.15) is 0 Å². The predicted molar refractivity (Wildman–Crippen MR) is 74.6 cm³/mol. The summed E-state index contributed by atoms with van der Waals surface area (Å²) < 4.78 is 5.17. The minimum Gasteiger partial charge on any atom is -0.496 e. The number of hydrogen-bond donors (Lipinski definition) is 3. The smallest absolute Gasteiger partial charge is 0.326 e. The van der Waals surface area contributed by atoms with E-state index >= 15 is 0 Å². The molecule has 6 heteroatoms. The summed E-state index contributed by atoms with van der Waals surface area (Å²) in [7, 11) is 1.55. The van der Waals surface area contributed by atoms with Crippen molar-refractivity contribution in [3.63, 3.8) is 0 Å². The Morgan fingerprint density at radius 1 is 1.30 bits per heavy atom. The quantitative estimate of drug-likeness (QED) is 0.738. The van der Waals surface area contributed by atoms with Crippen LogP contribution in [0.1, 0.15) is 19.4 Å². The number of nitrogens with one attached hydrogen (secondary N) is 2. The van der Waals surface area contributed by atoms with E-state index in [0.717, 1.165) is 5.56 Å². The van der Waals surface area contributed by atoms with Gasteiger partial charge in [0.2, 0.25) is 0 Å². The lowest BCUT2D eigenvalue weighted by molar-refractivity contribution is -0.140. The predicted octanol–water partition coefficient (Wildman–Crippen LogP) is 1.60. The number of para-hydroxylation sites is 1. The number of amides is 2. The van der Waals surface area contributed by atoms with Crippen molar-refractivity contribution >= 4 is 12.0 Å². The van der Waals surface area contributed by atoms with Crippen molar-refractivity contribution in [2.45, 2.75) is 26.4 Å². The van der Waals surface area contributed by atoms with E-state index in [9.17, 15) is 9.59 Å². The van der Waals surface area contributed by atoms with Crippen LogP contribution in [0, 0.1) is 5.92 Å². The normalized spacial score (nSPS) is 11.8. The summed E-state index contributed by atoms with van der Waals surface area (Å²) in [6.07, 6.45) is 0. The number of hydrogen-bond acceptors (Lipinski definition) is 3. The van der Waals surface area contributed by atoms with Crippen molar-refractivity contribution in [2.24, 2.45) is 5.92 Å². The fraction of sp³-hybridized carbons (Fsp3) is 0.429. The van der Waals surface area contributed by atoms with E-state index in [4.69, 9.17) is 9.84 Å². The van der Waals surface area contributed by atoms with Gasteiger partial charge in [0, 0.05) is 12.1 Å². The number of carboxylic acid groups (broad SMARTS) is 1. The fourth-order valence-corrected chi connectivity index (χ4v) is 1.73. The molecule has 0 saturated carbocycles. The van der Waals surface area contributed by atoms with Crippen LogP contribution in [0.3, 0.4) is 0 Å². The van der Waals surface area contributed by atoms with E-state index in [1.54, 1.807) is 27.0 Å². The third-order valence-corrected chi connectivity index (χ3v) is 2.85. The molecule has 1 rings (SSSR count). The zero-order valence-electron chi connectivity index (χ0n) is 11.8. The third-order valence-electron chi connectivity index (χ3n) is 2.85. The van der Waals surface area contributed by atoms with Gasteiger partial charge in [-0.25, -0.2) is 9.59 Å². The Kier molecular flexibility index (Phi) is 5.83. The van der Waals surface area contributed by atoms with E-state index in [1.807, 2.05) is 18.2 Å². The number of carbonyl (C=O) groups is 2. The summed E-state index contributed by atoms with van der Waals surface area (Å²) >= 11 is 0. The van der Waals surface area contributed by atoms with Crippen LogP contribution < -0.4 is 15.4 Å². The van der Waals surface area contributed by atoms with E-state index in [-0.39, 0.29) is 12.5 Å². The molecule has 0 aromatic heterocycles. The first-order valence-corrected chi connectivity index (χ1v) is 6.34. The number of benzene rings is 1. The van der Waals surface area contributed by atoms with E-state index < -0.39 is 18.0 Å². The zero-order chi connectivity index (χ0) is 15.1. The number of urea groups is 1. The lowest BCUT2D eigenvalue weighted by Crippen LogP contribution is -2.48. The van der Waals surface area contributed by atoms with Crippen molar-refractivity contribution in [1.29, 1.82) is 0 Å². The van der Waals surface area contributed by atoms with Gasteiger partial charge in [-0.3, -0.25) is 0 Å². The second-order valence-electron chi connectivity index (χ2n) is 4.70. The van der Waals surface area contributed by atoms with E-state index in [0.29, 0.717) is 5.75 Å². The van der Waals surface area contributed by atoms with Crippen molar-refractivity contribution in [2.75, 3.05) is 7.11 Å². The number of aliphatic carboxylic acids is 1. The molecule has 0 aliphatic rings. The van der Waals surface area contributed by atoms with Crippen LogP contribution in [0.2, 0.25) is 0 Å². The molecule has 110 valence electrons. The molecule has 0 aliphatic carbocycles. The highest BCUT2D eigenvalue weighted by molar-refractivity contribution is 5.82. The number of carbonyl (C=O) groups excluding carboxylic acids is 1. The molecule has 2 amide bonds.